The third-order valence-corrected chi connectivity index (χ3v) is 3.02. The number of guanidine groups is 1. The highest BCUT2D eigenvalue weighted by Gasteiger charge is 2.15. The Morgan fingerprint density at radius 3 is 2.42 bits per heavy atom. The summed E-state index contributed by atoms with van der Waals surface area (Å²) in [7, 11) is 1.72. The maximum absolute atomic E-state index is 5.37. The molecular weight excluding hydrogens is 238 g/mol. The summed E-state index contributed by atoms with van der Waals surface area (Å²) in [5.74, 6) is 1.68. The molecule has 0 fully saturated rings. The zero-order valence-corrected chi connectivity index (χ0v) is 13.7. The fourth-order valence-corrected chi connectivity index (χ4v) is 1.56. The molecule has 4 heteroatoms. The third kappa shape index (κ3) is 10.8. The molecule has 0 heterocycles. The summed E-state index contributed by atoms with van der Waals surface area (Å²) in [5, 5.41) is 6.64. The van der Waals surface area contributed by atoms with Gasteiger partial charge in [0.15, 0.2) is 5.96 Å². The van der Waals surface area contributed by atoms with Crippen molar-refractivity contribution in [1.82, 2.24) is 10.6 Å². The van der Waals surface area contributed by atoms with Crippen LogP contribution in [0.2, 0.25) is 0 Å². The molecule has 0 bridgehead atoms. The second-order valence-electron chi connectivity index (χ2n) is 5.98. The lowest BCUT2D eigenvalue weighted by Crippen LogP contribution is -2.39. The van der Waals surface area contributed by atoms with Crippen molar-refractivity contribution < 1.29 is 4.74 Å². The highest BCUT2D eigenvalue weighted by molar-refractivity contribution is 5.79. The number of methoxy groups -OCH3 is 1. The first kappa shape index (κ1) is 18.2. The van der Waals surface area contributed by atoms with E-state index in [1.165, 1.54) is 19.3 Å². The summed E-state index contributed by atoms with van der Waals surface area (Å²) in [6, 6.07) is 0. The van der Waals surface area contributed by atoms with Gasteiger partial charge in [0.1, 0.15) is 0 Å². The minimum atomic E-state index is -0.208. The average molecular weight is 271 g/mol. The predicted octanol–water partition coefficient (Wildman–Crippen LogP) is 2.79. The van der Waals surface area contributed by atoms with E-state index in [0.29, 0.717) is 6.54 Å². The number of aliphatic imine (C=N–C) groups is 1. The van der Waals surface area contributed by atoms with Gasteiger partial charge in [-0.15, -0.1) is 0 Å². The average Bonchev–Trinajstić information content (AvgIpc) is 2.35. The molecule has 0 atom stereocenters. The summed E-state index contributed by atoms with van der Waals surface area (Å²) in [6.07, 6.45) is 3.76. The fraction of sp³-hybridized carbons (Fsp3) is 0.933. The van der Waals surface area contributed by atoms with Gasteiger partial charge in [-0.25, -0.2) is 0 Å². The Kier molecular flexibility index (Phi) is 9.66. The van der Waals surface area contributed by atoms with E-state index < -0.39 is 0 Å². The van der Waals surface area contributed by atoms with Crippen molar-refractivity contribution >= 4 is 5.96 Å². The molecule has 0 saturated carbocycles. The third-order valence-electron chi connectivity index (χ3n) is 3.02. The molecular formula is C15H33N3O. The van der Waals surface area contributed by atoms with Crippen LogP contribution in [0.4, 0.5) is 0 Å². The van der Waals surface area contributed by atoms with Crippen LogP contribution in [0.3, 0.4) is 0 Å². The van der Waals surface area contributed by atoms with E-state index in [1.54, 1.807) is 7.11 Å². The second kappa shape index (κ2) is 10.1. The molecule has 0 spiro atoms. The van der Waals surface area contributed by atoms with Crippen LogP contribution in [-0.2, 0) is 4.74 Å². The number of nitrogens with one attached hydrogen (secondary N) is 2. The zero-order chi connectivity index (χ0) is 14.7. The summed E-state index contributed by atoms with van der Waals surface area (Å²) < 4.78 is 5.37. The van der Waals surface area contributed by atoms with Gasteiger partial charge >= 0.3 is 0 Å². The van der Waals surface area contributed by atoms with E-state index in [4.69, 9.17) is 4.74 Å². The maximum atomic E-state index is 5.37. The summed E-state index contributed by atoms with van der Waals surface area (Å²) >= 11 is 0. The van der Waals surface area contributed by atoms with Crippen LogP contribution in [-0.4, -0.2) is 38.3 Å². The number of hydrogen-bond acceptors (Lipinski definition) is 2. The molecule has 0 saturated heterocycles. The van der Waals surface area contributed by atoms with Crippen LogP contribution < -0.4 is 10.6 Å². The van der Waals surface area contributed by atoms with E-state index in [-0.39, 0.29) is 5.60 Å². The summed E-state index contributed by atoms with van der Waals surface area (Å²) in [4.78, 5) is 4.56. The standard InChI is InChI=1S/C15H33N3O/c1-7-16-14(18-12-15(4,5)19-6)17-11-9-8-10-13(2)3/h13H,7-12H2,1-6H3,(H2,16,17,18). The number of nitrogens with zero attached hydrogens (tertiary/aromatic N) is 1. The van der Waals surface area contributed by atoms with Crippen LogP contribution in [0, 0.1) is 5.92 Å². The largest absolute Gasteiger partial charge is 0.377 e. The lowest BCUT2D eigenvalue weighted by atomic mass is 10.1. The minimum Gasteiger partial charge on any atom is -0.377 e. The van der Waals surface area contributed by atoms with Gasteiger partial charge in [-0.3, -0.25) is 4.99 Å². The number of hydrogen-bond donors (Lipinski definition) is 2. The van der Waals surface area contributed by atoms with Gasteiger partial charge < -0.3 is 15.4 Å². The van der Waals surface area contributed by atoms with Gasteiger partial charge in [0, 0.05) is 20.2 Å². The Hall–Kier alpha value is -0.770. The SMILES string of the molecule is CCNC(=NCC(C)(C)OC)NCCCCC(C)C. The van der Waals surface area contributed by atoms with Crippen molar-refractivity contribution in [1.29, 1.82) is 0 Å². The van der Waals surface area contributed by atoms with Crippen molar-refractivity contribution in [2.24, 2.45) is 10.9 Å². The minimum absolute atomic E-state index is 0.208. The predicted molar refractivity (Wildman–Crippen MR) is 83.8 cm³/mol. The number of ether oxygens (including phenoxy) is 1. The molecule has 0 rings (SSSR count). The van der Waals surface area contributed by atoms with Crippen LogP contribution in [0.1, 0.15) is 53.9 Å². The Morgan fingerprint density at radius 1 is 1.21 bits per heavy atom. The van der Waals surface area contributed by atoms with Crippen molar-refractivity contribution in [3.8, 4) is 0 Å². The van der Waals surface area contributed by atoms with Gasteiger partial charge in [0.25, 0.3) is 0 Å². The number of unbranched alkanes of at least 4 members (excludes halogenated alkanes) is 1. The quantitative estimate of drug-likeness (QED) is 0.385. The highest BCUT2D eigenvalue weighted by Crippen LogP contribution is 2.07. The van der Waals surface area contributed by atoms with E-state index in [2.05, 4.69) is 36.4 Å². The Labute approximate surface area is 119 Å². The highest BCUT2D eigenvalue weighted by atomic mass is 16.5. The molecule has 0 unspecified atom stereocenters. The molecule has 0 aromatic rings. The molecule has 0 aromatic heterocycles. The monoisotopic (exact) mass is 271 g/mol. The van der Waals surface area contributed by atoms with Crippen LogP contribution >= 0.6 is 0 Å². The normalized spacial score (nSPS) is 12.9. The van der Waals surface area contributed by atoms with Gasteiger partial charge in [-0.05, 0) is 33.1 Å². The second-order valence-corrected chi connectivity index (χ2v) is 5.98. The Bertz CT molecular complexity index is 250. The van der Waals surface area contributed by atoms with Gasteiger partial charge in [-0.2, -0.15) is 0 Å². The summed E-state index contributed by atoms with van der Waals surface area (Å²) in [6.45, 7) is 13.2. The number of rotatable bonds is 9. The molecule has 4 nitrogen and oxygen atoms in total. The molecule has 0 aliphatic carbocycles. The van der Waals surface area contributed by atoms with Crippen molar-refractivity contribution in [2.75, 3.05) is 26.7 Å². The Morgan fingerprint density at radius 2 is 1.89 bits per heavy atom. The van der Waals surface area contributed by atoms with Crippen molar-refractivity contribution in [2.45, 2.75) is 59.5 Å². The maximum Gasteiger partial charge on any atom is 0.191 e. The lowest BCUT2D eigenvalue weighted by Gasteiger charge is -2.21. The first-order valence-corrected chi connectivity index (χ1v) is 7.48. The van der Waals surface area contributed by atoms with Gasteiger partial charge in [0.2, 0.25) is 0 Å². The molecule has 0 aliphatic rings. The smallest absolute Gasteiger partial charge is 0.191 e. The Balaban J connectivity index is 4.01. The topological polar surface area (TPSA) is 45.7 Å². The van der Waals surface area contributed by atoms with E-state index in [1.807, 2.05) is 13.8 Å². The zero-order valence-electron chi connectivity index (χ0n) is 13.7. The van der Waals surface area contributed by atoms with E-state index in [0.717, 1.165) is 25.0 Å². The first-order valence-electron chi connectivity index (χ1n) is 7.48. The van der Waals surface area contributed by atoms with Crippen molar-refractivity contribution in [3.63, 3.8) is 0 Å². The van der Waals surface area contributed by atoms with Gasteiger partial charge in [0.05, 0.1) is 12.1 Å². The molecule has 0 amide bonds. The molecule has 2 N–H and O–H groups in total. The van der Waals surface area contributed by atoms with E-state index in [9.17, 15) is 0 Å². The van der Waals surface area contributed by atoms with E-state index >= 15 is 0 Å². The van der Waals surface area contributed by atoms with Crippen molar-refractivity contribution in [3.05, 3.63) is 0 Å². The fourth-order valence-electron chi connectivity index (χ4n) is 1.56. The summed E-state index contributed by atoms with van der Waals surface area (Å²) in [5.41, 5.74) is -0.208. The molecule has 0 aromatic carbocycles. The molecule has 114 valence electrons. The lowest BCUT2D eigenvalue weighted by molar-refractivity contribution is 0.0310. The van der Waals surface area contributed by atoms with Crippen LogP contribution in [0.15, 0.2) is 4.99 Å². The molecule has 0 aliphatic heterocycles. The first-order chi connectivity index (χ1) is 8.91. The molecule has 0 radical (unpaired) electrons. The van der Waals surface area contributed by atoms with Crippen LogP contribution in [0.25, 0.3) is 0 Å². The van der Waals surface area contributed by atoms with Gasteiger partial charge in [-0.1, -0.05) is 26.7 Å². The molecule has 19 heavy (non-hydrogen) atoms. The van der Waals surface area contributed by atoms with Crippen LogP contribution in [0.5, 0.6) is 0 Å².